The van der Waals surface area contributed by atoms with Crippen LogP contribution in [0.5, 0.6) is 0 Å². The van der Waals surface area contributed by atoms with Crippen LogP contribution in [-0.4, -0.2) is 33.9 Å². The number of hydrogen-bond donors (Lipinski definition) is 0. The Balaban J connectivity index is 2.12. The Hall–Kier alpha value is -1.45. The summed E-state index contributed by atoms with van der Waals surface area (Å²) in [6, 6.07) is 0. The van der Waals surface area contributed by atoms with E-state index in [1.54, 1.807) is 17.3 Å². The molecule has 1 aromatic rings. The molecule has 0 atom stereocenters. The zero-order valence-electron chi connectivity index (χ0n) is 9.10. The lowest BCUT2D eigenvalue weighted by atomic mass is 10.1. The van der Waals surface area contributed by atoms with Gasteiger partial charge < -0.3 is 4.90 Å². The van der Waals surface area contributed by atoms with E-state index < -0.39 is 0 Å². The fourth-order valence-corrected chi connectivity index (χ4v) is 1.41. The standard InChI is InChI=1S/C11H15N3O/c1-8(2)9-6-12-10(13-7-9)11(15)14-4-3-5-14/h6-8H,3-5H2,1-2H3. The number of nitrogens with zero attached hydrogens (tertiary/aromatic N) is 3. The van der Waals surface area contributed by atoms with Gasteiger partial charge in [0.1, 0.15) is 0 Å². The molecule has 0 bridgehead atoms. The largest absolute Gasteiger partial charge is 0.336 e. The second-order valence-electron chi connectivity index (χ2n) is 4.14. The van der Waals surface area contributed by atoms with Gasteiger partial charge in [-0.2, -0.15) is 0 Å². The Bertz CT molecular complexity index is 355. The molecule has 0 aromatic carbocycles. The van der Waals surface area contributed by atoms with E-state index in [0.29, 0.717) is 11.7 Å². The van der Waals surface area contributed by atoms with Crippen LogP contribution in [0.3, 0.4) is 0 Å². The number of amides is 1. The summed E-state index contributed by atoms with van der Waals surface area (Å²) in [4.78, 5) is 21.7. The van der Waals surface area contributed by atoms with Crippen molar-refractivity contribution < 1.29 is 4.79 Å². The minimum atomic E-state index is -0.0449. The summed E-state index contributed by atoms with van der Waals surface area (Å²) in [5.74, 6) is 0.675. The molecule has 2 rings (SSSR count). The van der Waals surface area contributed by atoms with Crippen molar-refractivity contribution in [2.75, 3.05) is 13.1 Å². The van der Waals surface area contributed by atoms with Gasteiger partial charge in [0.15, 0.2) is 0 Å². The first-order chi connectivity index (χ1) is 7.18. The molecule has 2 heterocycles. The SMILES string of the molecule is CC(C)c1cnc(C(=O)N2CCC2)nc1. The summed E-state index contributed by atoms with van der Waals surface area (Å²) < 4.78 is 0. The minimum Gasteiger partial charge on any atom is -0.336 e. The Morgan fingerprint density at radius 2 is 1.93 bits per heavy atom. The first-order valence-electron chi connectivity index (χ1n) is 5.29. The van der Waals surface area contributed by atoms with Crippen LogP contribution in [0.1, 0.15) is 42.4 Å². The van der Waals surface area contributed by atoms with Gasteiger partial charge in [0.25, 0.3) is 5.91 Å². The molecular formula is C11H15N3O. The molecular weight excluding hydrogens is 190 g/mol. The lowest BCUT2D eigenvalue weighted by Crippen LogP contribution is -2.42. The van der Waals surface area contributed by atoms with E-state index in [2.05, 4.69) is 23.8 Å². The second-order valence-corrected chi connectivity index (χ2v) is 4.14. The molecule has 1 amide bonds. The van der Waals surface area contributed by atoms with E-state index >= 15 is 0 Å². The highest BCUT2D eigenvalue weighted by Crippen LogP contribution is 2.13. The molecule has 0 unspecified atom stereocenters. The third-order valence-corrected chi connectivity index (χ3v) is 2.67. The van der Waals surface area contributed by atoms with Crippen molar-refractivity contribution in [3.05, 3.63) is 23.8 Å². The van der Waals surface area contributed by atoms with Crippen LogP contribution in [0.15, 0.2) is 12.4 Å². The van der Waals surface area contributed by atoms with Gasteiger partial charge in [0.2, 0.25) is 5.82 Å². The van der Waals surface area contributed by atoms with Gasteiger partial charge in [0, 0.05) is 25.5 Å². The second kappa shape index (κ2) is 3.96. The van der Waals surface area contributed by atoms with Crippen LogP contribution >= 0.6 is 0 Å². The third-order valence-electron chi connectivity index (χ3n) is 2.67. The fraction of sp³-hybridized carbons (Fsp3) is 0.545. The zero-order valence-corrected chi connectivity index (χ0v) is 9.10. The number of carbonyl (C=O) groups is 1. The zero-order chi connectivity index (χ0) is 10.8. The Kier molecular flexibility index (Phi) is 2.66. The topological polar surface area (TPSA) is 46.1 Å². The molecule has 0 spiro atoms. The highest BCUT2D eigenvalue weighted by molar-refractivity contribution is 5.90. The van der Waals surface area contributed by atoms with Crippen molar-refractivity contribution >= 4 is 5.91 Å². The number of likely N-dealkylation sites (tertiary alicyclic amines) is 1. The van der Waals surface area contributed by atoms with Gasteiger partial charge in [-0.3, -0.25) is 4.79 Å². The van der Waals surface area contributed by atoms with Gasteiger partial charge in [-0.25, -0.2) is 9.97 Å². The van der Waals surface area contributed by atoms with Gasteiger partial charge in [-0.15, -0.1) is 0 Å². The van der Waals surface area contributed by atoms with E-state index in [4.69, 9.17) is 0 Å². The van der Waals surface area contributed by atoms with E-state index in [-0.39, 0.29) is 5.91 Å². The molecule has 4 nitrogen and oxygen atoms in total. The van der Waals surface area contributed by atoms with Gasteiger partial charge >= 0.3 is 0 Å². The Labute approximate surface area is 89.3 Å². The molecule has 80 valence electrons. The van der Waals surface area contributed by atoms with E-state index in [1.807, 2.05) is 0 Å². The monoisotopic (exact) mass is 205 g/mol. The van der Waals surface area contributed by atoms with Gasteiger partial charge in [0.05, 0.1) is 0 Å². The lowest BCUT2D eigenvalue weighted by molar-refractivity contribution is 0.0639. The molecule has 1 fully saturated rings. The van der Waals surface area contributed by atoms with Crippen LogP contribution < -0.4 is 0 Å². The van der Waals surface area contributed by atoms with Crippen molar-refractivity contribution in [3.63, 3.8) is 0 Å². The molecule has 1 aliphatic rings. The van der Waals surface area contributed by atoms with Crippen LogP contribution in [0.4, 0.5) is 0 Å². The van der Waals surface area contributed by atoms with Crippen LogP contribution in [-0.2, 0) is 0 Å². The maximum absolute atomic E-state index is 11.7. The van der Waals surface area contributed by atoms with Crippen LogP contribution in [0, 0.1) is 0 Å². The molecule has 1 saturated heterocycles. The van der Waals surface area contributed by atoms with E-state index in [0.717, 1.165) is 25.1 Å². The van der Waals surface area contributed by atoms with Crippen LogP contribution in [0.2, 0.25) is 0 Å². The summed E-state index contributed by atoms with van der Waals surface area (Å²) in [5, 5.41) is 0. The lowest BCUT2D eigenvalue weighted by Gasteiger charge is -2.29. The molecule has 15 heavy (non-hydrogen) atoms. The summed E-state index contributed by atoms with van der Waals surface area (Å²) in [6.07, 6.45) is 4.57. The summed E-state index contributed by atoms with van der Waals surface area (Å²) in [7, 11) is 0. The Morgan fingerprint density at radius 1 is 1.33 bits per heavy atom. The molecule has 4 heteroatoms. The minimum absolute atomic E-state index is 0.0449. The quantitative estimate of drug-likeness (QED) is 0.734. The number of carbonyl (C=O) groups excluding carboxylic acids is 1. The first kappa shape index (κ1) is 10.1. The predicted octanol–water partition coefficient (Wildman–Crippen LogP) is 1.45. The van der Waals surface area contributed by atoms with Crippen molar-refractivity contribution in [1.29, 1.82) is 0 Å². The number of hydrogen-bond acceptors (Lipinski definition) is 3. The number of rotatable bonds is 2. The third kappa shape index (κ3) is 1.98. The summed E-state index contributed by atoms with van der Waals surface area (Å²) in [6.45, 7) is 5.84. The molecule has 0 N–H and O–H groups in total. The first-order valence-corrected chi connectivity index (χ1v) is 5.29. The molecule has 0 radical (unpaired) electrons. The summed E-state index contributed by atoms with van der Waals surface area (Å²) in [5.41, 5.74) is 1.06. The van der Waals surface area contributed by atoms with E-state index in [1.165, 1.54) is 0 Å². The van der Waals surface area contributed by atoms with Crippen molar-refractivity contribution in [3.8, 4) is 0 Å². The summed E-state index contributed by atoms with van der Waals surface area (Å²) >= 11 is 0. The molecule has 0 saturated carbocycles. The van der Waals surface area contributed by atoms with E-state index in [9.17, 15) is 4.79 Å². The average Bonchev–Trinajstić information content (AvgIpc) is 2.15. The van der Waals surface area contributed by atoms with Crippen LogP contribution in [0.25, 0.3) is 0 Å². The average molecular weight is 205 g/mol. The molecule has 1 aliphatic heterocycles. The maximum atomic E-state index is 11.7. The Morgan fingerprint density at radius 3 is 2.33 bits per heavy atom. The smallest absolute Gasteiger partial charge is 0.291 e. The van der Waals surface area contributed by atoms with Crippen molar-refractivity contribution in [2.45, 2.75) is 26.2 Å². The molecule has 1 aromatic heterocycles. The number of aromatic nitrogens is 2. The van der Waals surface area contributed by atoms with Crippen molar-refractivity contribution in [1.82, 2.24) is 14.9 Å². The highest BCUT2D eigenvalue weighted by Gasteiger charge is 2.23. The van der Waals surface area contributed by atoms with Crippen molar-refractivity contribution in [2.24, 2.45) is 0 Å². The maximum Gasteiger partial charge on any atom is 0.291 e. The molecule has 0 aliphatic carbocycles. The van der Waals surface area contributed by atoms with Gasteiger partial charge in [-0.05, 0) is 17.9 Å². The highest BCUT2D eigenvalue weighted by atomic mass is 16.2. The van der Waals surface area contributed by atoms with Gasteiger partial charge in [-0.1, -0.05) is 13.8 Å². The fourth-order valence-electron chi connectivity index (χ4n) is 1.41. The predicted molar refractivity (Wildman–Crippen MR) is 56.6 cm³/mol. The normalized spacial score (nSPS) is 15.3.